The Hall–Kier alpha value is -2.12. The monoisotopic (exact) mass is 1570 g/mol. The van der Waals surface area contributed by atoms with Gasteiger partial charge in [0.2, 0.25) is 0 Å². The van der Waals surface area contributed by atoms with Crippen molar-refractivity contribution in [3.63, 3.8) is 0 Å². The van der Waals surface area contributed by atoms with Crippen molar-refractivity contribution in [2.75, 3.05) is 28.4 Å². The Labute approximate surface area is 696 Å². The molecule has 0 spiro atoms. The molecule has 12 aliphatic rings. The molecule has 0 aromatic rings. The summed E-state index contributed by atoms with van der Waals surface area (Å²) in [6.07, 6.45) is 20.7. The zero-order valence-electron chi connectivity index (χ0n) is 82.7. The molecule has 0 aromatic heterocycles. The fraction of sp³-hybridized carbons (Fsp3) is 0.962. The molecule has 0 N–H and O–H groups in total. The van der Waals surface area contributed by atoms with E-state index in [-0.39, 0.29) is 45.5 Å². The second-order valence-corrected chi connectivity index (χ2v) is 47.4. The van der Waals surface area contributed by atoms with Gasteiger partial charge in [-0.3, -0.25) is 19.2 Å². The van der Waals surface area contributed by atoms with Crippen molar-refractivity contribution in [2.24, 2.45) is 231 Å². The summed E-state index contributed by atoms with van der Waals surface area (Å²) in [5.41, 5.74) is 3.36. The van der Waals surface area contributed by atoms with Crippen LogP contribution in [0.4, 0.5) is 0 Å². The van der Waals surface area contributed by atoms with Gasteiger partial charge in [0.15, 0.2) is 0 Å². The smallest absolute Gasteiger partial charge is 0.312 e. The molecule has 12 aliphatic carbocycles. The summed E-state index contributed by atoms with van der Waals surface area (Å²) in [5.74, 6) is 20.8. The van der Waals surface area contributed by atoms with Crippen molar-refractivity contribution in [2.45, 2.75) is 380 Å². The van der Waals surface area contributed by atoms with Gasteiger partial charge >= 0.3 is 23.9 Å². The van der Waals surface area contributed by atoms with Crippen LogP contribution >= 0.6 is 0 Å². The van der Waals surface area contributed by atoms with Crippen LogP contribution in [0.15, 0.2) is 0 Å². The van der Waals surface area contributed by atoms with Crippen molar-refractivity contribution < 1.29 is 38.1 Å². The van der Waals surface area contributed by atoms with Crippen LogP contribution in [0.3, 0.4) is 0 Å². The molecule has 0 amide bonds. The van der Waals surface area contributed by atoms with Gasteiger partial charge in [0.25, 0.3) is 0 Å². The molecule has 0 aromatic carbocycles. The van der Waals surface area contributed by atoms with Gasteiger partial charge in [0.05, 0.1) is 50.1 Å². The highest BCUT2D eigenvalue weighted by molar-refractivity contribution is 5.79. The number of esters is 4. The number of methoxy groups -OCH3 is 4. The Kier molecular flexibility index (Phi) is 32.9. The third kappa shape index (κ3) is 16.9. The molecule has 8 nitrogen and oxygen atoms in total. The molecule has 8 heteroatoms. The minimum absolute atomic E-state index is 0.00116. The summed E-state index contributed by atoms with van der Waals surface area (Å²) in [6, 6.07) is 0. The Morgan fingerprint density at radius 1 is 0.241 bits per heavy atom. The molecule has 12 fully saturated rings. The van der Waals surface area contributed by atoms with Crippen LogP contribution in [0.2, 0.25) is 0 Å². The minimum atomic E-state index is -0.260. The lowest BCUT2D eigenvalue weighted by molar-refractivity contribution is -0.161. The van der Waals surface area contributed by atoms with Crippen LogP contribution in [0.25, 0.3) is 0 Å². The lowest BCUT2D eigenvalue weighted by atomic mass is 9.55. The van der Waals surface area contributed by atoms with Gasteiger partial charge in [-0.25, -0.2) is 0 Å². The van der Waals surface area contributed by atoms with Crippen LogP contribution in [-0.4, -0.2) is 52.3 Å². The van der Waals surface area contributed by atoms with E-state index >= 15 is 0 Å². The van der Waals surface area contributed by atoms with E-state index in [9.17, 15) is 19.2 Å². The average Bonchev–Trinajstić information content (AvgIpc) is 1.66. The summed E-state index contributed by atoms with van der Waals surface area (Å²) in [6.45, 7) is 94.3. The number of fused-ring (bicyclic) bond motifs is 8. The van der Waals surface area contributed by atoms with Gasteiger partial charge in [-0.15, -0.1) is 0 Å². The van der Waals surface area contributed by atoms with Gasteiger partial charge in [-0.2, -0.15) is 0 Å². The summed E-state index contributed by atoms with van der Waals surface area (Å²) < 4.78 is 20.0. The fourth-order valence-electron chi connectivity index (χ4n) is 29.5. The van der Waals surface area contributed by atoms with E-state index in [1.165, 1.54) is 105 Å². The number of ether oxygens (including phenoxy) is 4. The molecule has 0 aliphatic heterocycles. The van der Waals surface area contributed by atoms with Gasteiger partial charge in [0.1, 0.15) is 0 Å². The normalized spacial score (nSPS) is 45.5. The third-order valence-corrected chi connectivity index (χ3v) is 43.0. The van der Waals surface area contributed by atoms with Crippen molar-refractivity contribution in [3.05, 3.63) is 0 Å². The molecule has 32 atom stereocenters. The first-order valence-corrected chi connectivity index (χ1v) is 47.4. The van der Waals surface area contributed by atoms with Crippen molar-refractivity contribution in [3.8, 4) is 0 Å². The van der Waals surface area contributed by atoms with Gasteiger partial charge in [0, 0.05) is 0 Å². The molecule has 12 rings (SSSR count). The Morgan fingerprint density at radius 3 is 0.643 bits per heavy atom. The maximum Gasteiger partial charge on any atom is 0.312 e. The highest BCUT2D eigenvalue weighted by Crippen LogP contribution is 2.72. The molecule has 0 heterocycles. The van der Waals surface area contributed by atoms with E-state index in [1.54, 1.807) is 0 Å². The maximum absolute atomic E-state index is 12.0. The number of hydrogen-bond donors (Lipinski definition) is 0. The Bertz CT molecular complexity index is 2770. The molecular weight excluding hydrogens is 1380 g/mol. The van der Waals surface area contributed by atoms with Crippen molar-refractivity contribution >= 4 is 23.9 Å². The first-order valence-electron chi connectivity index (χ1n) is 47.4. The Balaban J connectivity index is 0.000000229. The van der Waals surface area contributed by atoms with Crippen LogP contribution in [0.1, 0.15) is 380 Å². The molecule has 0 radical (unpaired) electrons. The summed E-state index contributed by atoms with van der Waals surface area (Å²) in [7, 11) is 6.04. The minimum Gasteiger partial charge on any atom is -0.469 e. The number of hydrogen-bond acceptors (Lipinski definition) is 8. The lowest BCUT2D eigenvalue weighted by Gasteiger charge is -2.50. The van der Waals surface area contributed by atoms with E-state index in [2.05, 4.69) is 277 Å². The third-order valence-electron chi connectivity index (χ3n) is 43.0. The second kappa shape index (κ2) is 36.7. The molecule has 112 heavy (non-hydrogen) atoms. The predicted octanol–water partition coefficient (Wildman–Crippen LogP) is 28.9. The largest absolute Gasteiger partial charge is 0.469 e. The zero-order valence-corrected chi connectivity index (χ0v) is 82.7. The summed E-state index contributed by atoms with van der Waals surface area (Å²) in [4.78, 5) is 47.8. The van der Waals surface area contributed by atoms with E-state index in [4.69, 9.17) is 18.9 Å². The lowest BCUT2D eigenvalue weighted by Crippen LogP contribution is -2.45. The highest BCUT2D eigenvalue weighted by Gasteiger charge is 2.67. The van der Waals surface area contributed by atoms with Crippen LogP contribution in [0, 0.1) is 231 Å². The molecule has 656 valence electrons. The highest BCUT2D eigenvalue weighted by atomic mass is 16.5. The summed E-state index contributed by atoms with van der Waals surface area (Å²) in [5, 5.41) is 0. The fourth-order valence-corrected chi connectivity index (χ4v) is 29.5. The van der Waals surface area contributed by atoms with Crippen LogP contribution in [0.5, 0.6) is 0 Å². The van der Waals surface area contributed by atoms with Crippen LogP contribution < -0.4 is 0 Å². The topological polar surface area (TPSA) is 105 Å². The first-order chi connectivity index (χ1) is 51.1. The Morgan fingerprint density at radius 2 is 0.455 bits per heavy atom. The van der Waals surface area contributed by atoms with Crippen molar-refractivity contribution in [1.82, 2.24) is 0 Å². The van der Waals surface area contributed by atoms with Crippen LogP contribution in [-0.2, 0) is 38.1 Å². The van der Waals surface area contributed by atoms with E-state index < -0.39 is 0 Å². The van der Waals surface area contributed by atoms with E-state index in [1.807, 2.05) is 0 Å². The molecule has 32 unspecified atom stereocenters. The summed E-state index contributed by atoms with van der Waals surface area (Å²) >= 11 is 0. The molecular formula is C104H192O8. The van der Waals surface area contributed by atoms with Gasteiger partial charge in [-0.1, -0.05) is 288 Å². The standard InChI is InChI=1S/2C13H22O2.2C13H24O2.2C13H24.2C13H26/c2*1-7-8(2)11-6-10(7)9(3)13(11,4)12(14)15-5;2*1-6-7-11-8-9(2)10(3)13(11,4)12(14)15-5;2*1-8-9(2)11-7-10(8)12(3,4)13(11,5)6;2*1-7-8-11-9-10(2)12(3,4)13(11,5)6/h2*7-11H,6H2,1-5H3;2*9-11H,6-8H2,1-5H3;2*8-11H,7H2,1-6H3;2*10-11H,7-9H2,1-6H3. The molecule has 12 saturated carbocycles. The number of rotatable bonds is 12. The van der Waals surface area contributed by atoms with Gasteiger partial charge in [-0.05, 0) is 301 Å². The number of carbonyl (C=O) groups excluding carboxylic acids is 4. The average molecular weight is 1570 g/mol. The predicted molar refractivity (Wildman–Crippen MR) is 476 cm³/mol. The quantitative estimate of drug-likeness (QED) is 0.141. The second-order valence-electron chi connectivity index (χ2n) is 47.4. The van der Waals surface area contributed by atoms with E-state index in [0.717, 1.165) is 109 Å². The van der Waals surface area contributed by atoms with Gasteiger partial charge < -0.3 is 18.9 Å². The maximum atomic E-state index is 12.0. The zero-order chi connectivity index (χ0) is 86.6. The molecule has 8 bridgehead atoms. The van der Waals surface area contributed by atoms with Crippen molar-refractivity contribution in [1.29, 1.82) is 0 Å². The molecule has 0 saturated heterocycles. The number of carbonyl (C=O) groups is 4. The SMILES string of the molecule is CC1C(C)C2CC1C(C)(C)C2(C)C.CC1C(C)C2CC1C(C)(C)C2(C)C.CCCC1CC(C)C(C)(C)C1(C)C.CCCC1CC(C)C(C)(C)C1(C)C.CCCC1CC(C)C(C)C1(C)C(=O)OC.CCCC1CC(C)C(C)C1(C)C(=O)OC.COC(=O)C1(C)C(C)C2CC1C(C)C2C.COC(=O)C1(C)C(C)C2CC1C(C)C2C. The van der Waals surface area contributed by atoms with E-state index in [0.29, 0.717) is 126 Å². The first kappa shape index (κ1) is 100.